The molecule has 0 radical (unpaired) electrons. The molecule has 25 heavy (non-hydrogen) atoms. The zero-order valence-corrected chi connectivity index (χ0v) is 15.4. The van der Waals surface area contributed by atoms with E-state index in [-0.39, 0.29) is 23.5 Å². The molecule has 2 aromatic rings. The van der Waals surface area contributed by atoms with Crippen molar-refractivity contribution < 1.29 is 17.9 Å². The lowest BCUT2D eigenvalue weighted by Gasteiger charge is -2.13. The predicted octanol–water partition coefficient (Wildman–Crippen LogP) is 2.91. The van der Waals surface area contributed by atoms with Crippen LogP contribution < -0.4 is 10.0 Å². The first-order valence-electron chi connectivity index (χ1n) is 7.50. The van der Waals surface area contributed by atoms with Crippen molar-refractivity contribution in [3.63, 3.8) is 0 Å². The number of halogens is 1. The Bertz CT molecular complexity index is 838. The number of carbonyl (C=O) groups is 1. The van der Waals surface area contributed by atoms with Crippen molar-refractivity contribution >= 4 is 33.2 Å². The summed E-state index contributed by atoms with van der Waals surface area (Å²) >= 11 is 6.00. The third-order valence-corrected chi connectivity index (χ3v) is 5.26. The zero-order chi connectivity index (χ0) is 18.4. The van der Waals surface area contributed by atoms with E-state index in [0.29, 0.717) is 16.3 Å². The summed E-state index contributed by atoms with van der Waals surface area (Å²) in [5.41, 5.74) is 0.810. The van der Waals surface area contributed by atoms with Gasteiger partial charge in [0.05, 0.1) is 22.2 Å². The molecule has 1 amide bonds. The first-order valence-corrected chi connectivity index (χ1v) is 9.37. The topological polar surface area (TPSA) is 84.5 Å². The molecule has 1 atom stereocenters. The molecule has 0 spiro atoms. The standard InChI is InChI=1S/C17H19ClN2O4S/c1-12(11-24-2)20-25(22,23)14-9-7-13(8-10-14)17(21)19-16-6-4-3-5-15(16)18/h3-10,12,20H,11H2,1-2H3,(H,19,21)/t12-/m0/s1. The number of rotatable bonds is 7. The van der Waals surface area contributed by atoms with Crippen molar-refractivity contribution in [1.29, 1.82) is 0 Å². The van der Waals surface area contributed by atoms with Gasteiger partial charge in [0.15, 0.2) is 0 Å². The van der Waals surface area contributed by atoms with Crippen molar-refractivity contribution in [2.75, 3.05) is 19.0 Å². The number of anilines is 1. The number of ether oxygens (including phenoxy) is 1. The lowest BCUT2D eigenvalue weighted by molar-refractivity contribution is 0.102. The summed E-state index contributed by atoms with van der Waals surface area (Å²) in [6, 6.07) is 12.1. The van der Waals surface area contributed by atoms with Gasteiger partial charge in [-0.15, -0.1) is 0 Å². The van der Waals surface area contributed by atoms with Crippen LogP contribution in [0.5, 0.6) is 0 Å². The Labute approximate surface area is 152 Å². The fourth-order valence-corrected chi connectivity index (χ4v) is 3.57. The SMILES string of the molecule is COC[C@H](C)NS(=O)(=O)c1ccc(C(=O)Nc2ccccc2Cl)cc1. The van der Waals surface area contributed by atoms with Crippen molar-refractivity contribution in [2.45, 2.75) is 17.9 Å². The van der Waals surface area contributed by atoms with Crippen molar-refractivity contribution in [1.82, 2.24) is 4.72 Å². The molecular weight excluding hydrogens is 364 g/mol. The van der Waals surface area contributed by atoms with Gasteiger partial charge in [0.1, 0.15) is 0 Å². The molecule has 0 bridgehead atoms. The van der Waals surface area contributed by atoms with Crippen LogP contribution in [0.3, 0.4) is 0 Å². The summed E-state index contributed by atoms with van der Waals surface area (Å²) in [6.07, 6.45) is 0. The van der Waals surface area contributed by atoms with Gasteiger partial charge in [-0.1, -0.05) is 23.7 Å². The van der Waals surface area contributed by atoms with Crippen LogP contribution in [0, 0.1) is 0 Å². The van der Waals surface area contributed by atoms with Crippen LogP contribution in [0.1, 0.15) is 17.3 Å². The van der Waals surface area contributed by atoms with Gasteiger partial charge in [-0.05, 0) is 43.3 Å². The average molecular weight is 383 g/mol. The number of hydrogen-bond donors (Lipinski definition) is 2. The Kier molecular flexibility index (Phi) is 6.55. The highest BCUT2D eigenvalue weighted by atomic mass is 35.5. The molecule has 6 nitrogen and oxygen atoms in total. The minimum Gasteiger partial charge on any atom is -0.383 e. The number of hydrogen-bond acceptors (Lipinski definition) is 4. The van der Waals surface area contributed by atoms with E-state index < -0.39 is 10.0 Å². The number of amides is 1. The molecule has 0 heterocycles. The molecule has 2 rings (SSSR count). The minimum absolute atomic E-state index is 0.0738. The van der Waals surface area contributed by atoms with Gasteiger partial charge in [0.25, 0.3) is 5.91 Å². The maximum atomic E-state index is 12.2. The summed E-state index contributed by atoms with van der Waals surface area (Å²) < 4.78 is 31.9. The lowest BCUT2D eigenvalue weighted by Crippen LogP contribution is -2.35. The number of nitrogens with one attached hydrogen (secondary N) is 2. The highest BCUT2D eigenvalue weighted by Crippen LogP contribution is 2.21. The monoisotopic (exact) mass is 382 g/mol. The quantitative estimate of drug-likeness (QED) is 0.771. The second kappa shape index (κ2) is 8.44. The molecule has 0 fully saturated rings. The Balaban J connectivity index is 2.11. The van der Waals surface area contributed by atoms with E-state index in [1.54, 1.807) is 31.2 Å². The first kappa shape index (κ1) is 19.4. The molecule has 0 aromatic heterocycles. The highest BCUT2D eigenvalue weighted by molar-refractivity contribution is 7.89. The van der Waals surface area contributed by atoms with Crippen LogP contribution in [0.2, 0.25) is 5.02 Å². The predicted molar refractivity (Wildman–Crippen MR) is 97.5 cm³/mol. The van der Waals surface area contributed by atoms with Gasteiger partial charge in [-0.25, -0.2) is 13.1 Å². The fraction of sp³-hybridized carbons (Fsp3) is 0.235. The van der Waals surface area contributed by atoms with Gasteiger partial charge in [-0.2, -0.15) is 0 Å². The molecule has 0 saturated heterocycles. The van der Waals surface area contributed by atoms with E-state index >= 15 is 0 Å². The number of sulfonamides is 1. The van der Waals surface area contributed by atoms with Gasteiger partial charge < -0.3 is 10.1 Å². The minimum atomic E-state index is -3.67. The molecular formula is C17H19ClN2O4S. The fourth-order valence-electron chi connectivity index (χ4n) is 2.16. The molecule has 134 valence electrons. The van der Waals surface area contributed by atoms with Crippen LogP contribution >= 0.6 is 11.6 Å². The molecule has 2 N–H and O–H groups in total. The van der Waals surface area contributed by atoms with E-state index in [2.05, 4.69) is 10.0 Å². The number of carbonyl (C=O) groups excluding carboxylic acids is 1. The highest BCUT2D eigenvalue weighted by Gasteiger charge is 2.18. The Morgan fingerprint density at radius 2 is 1.80 bits per heavy atom. The van der Waals surface area contributed by atoms with Gasteiger partial charge in [0.2, 0.25) is 10.0 Å². The molecule has 0 aliphatic carbocycles. The van der Waals surface area contributed by atoms with E-state index in [4.69, 9.17) is 16.3 Å². The van der Waals surface area contributed by atoms with Gasteiger partial charge in [-0.3, -0.25) is 4.79 Å². The average Bonchev–Trinajstić information content (AvgIpc) is 2.57. The molecule has 0 saturated carbocycles. The van der Waals surface area contributed by atoms with Crippen LogP contribution in [0.25, 0.3) is 0 Å². The maximum absolute atomic E-state index is 12.2. The van der Waals surface area contributed by atoms with E-state index in [9.17, 15) is 13.2 Å². The van der Waals surface area contributed by atoms with Gasteiger partial charge >= 0.3 is 0 Å². The largest absolute Gasteiger partial charge is 0.383 e. The summed E-state index contributed by atoms with van der Waals surface area (Å²) in [7, 11) is -2.18. The Morgan fingerprint density at radius 3 is 2.40 bits per heavy atom. The smallest absolute Gasteiger partial charge is 0.255 e. The summed E-state index contributed by atoms with van der Waals surface area (Å²) in [5.74, 6) is -0.377. The van der Waals surface area contributed by atoms with Crippen molar-refractivity contribution in [3.8, 4) is 0 Å². The molecule has 2 aromatic carbocycles. The number of benzene rings is 2. The maximum Gasteiger partial charge on any atom is 0.255 e. The summed E-state index contributed by atoms with van der Waals surface area (Å²) in [6.45, 7) is 1.96. The number of para-hydroxylation sites is 1. The molecule has 0 aliphatic rings. The second-order valence-corrected chi connectivity index (χ2v) is 7.56. The van der Waals surface area contributed by atoms with E-state index in [0.717, 1.165) is 0 Å². The summed E-state index contributed by atoms with van der Waals surface area (Å²) in [5, 5.41) is 3.10. The van der Waals surface area contributed by atoms with E-state index in [1.807, 2.05) is 0 Å². The van der Waals surface area contributed by atoms with Crippen LogP contribution in [0.15, 0.2) is 53.4 Å². The zero-order valence-electron chi connectivity index (χ0n) is 13.8. The third-order valence-electron chi connectivity index (χ3n) is 3.32. The van der Waals surface area contributed by atoms with Gasteiger partial charge in [0, 0.05) is 18.7 Å². The van der Waals surface area contributed by atoms with E-state index in [1.165, 1.54) is 31.4 Å². The molecule has 0 unspecified atom stereocenters. The number of methoxy groups -OCH3 is 1. The van der Waals surface area contributed by atoms with Crippen molar-refractivity contribution in [3.05, 3.63) is 59.1 Å². The second-order valence-electron chi connectivity index (χ2n) is 5.44. The molecule has 8 heteroatoms. The summed E-state index contributed by atoms with van der Waals surface area (Å²) in [4.78, 5) is 12.3. The Hall–Kier alpha value is -1.93. The third kappa shape index (κ3) is 5.27. The van der Waals surface area contributed by atoms with Crippen LogP contribution in [-0.4, -0.2) is 34.1 Å². The van der Waals surface area contributed by atoms with Crippen LogP contribution in [-0.2, 0) is 14.8 Å². The Morgan fingerprint density at radius 1 is 1.16 bits per heavy atom. The lowest BCUT2D eigenvalue weighted by atomic mass is 10.2. The first-order chi connectivity index (χ1) is 11.8. The van der Waals surface area contributed by atoms with Crippen LogP contribution in [0.4, 0.5) is 5.69 Å². The van der Waals surface area contributed by atoms with Crippen molar-refractivity contribution in [2.24, 2.45) is 0 Å². The molecule has 0 aliphatic heterocycles. The normalized spacial score (nSPS) is 12.6.